The molecular formula is C15H24O2. The maximum Gasteiger partial charge on any atom is 0.309 e. The fourth-order valence-corrected chi connectivity index (χ4v) is 2.49. The first-order valence-electron chi connectivity index (χ1n) is 6.22. The van der Waals surface area contributed by atoms with Crippen LogP contribution in [0.15, 0.2) is 23.3 Å². The molecule has 0 aromatic carbocycles. The molecule has 96 valence electrons. The van der Waals surface area contributed by atoms with Crippen molar-refractivity contribution in [1.82, 2.24) is 0 Å². The Balaban J connectivity index is 2.44. The normalized spacial score (nSPS) is 21.7. The van der Waals surface area contributed by atoms with E-state index >= 15 is 0 Å². The Hall–Kier alpha value is -1.05. The van der Waals surface area contributed by atoms with E-state index in [9.17, 15) is 4.79 Å². The zero-order chi connectivity index (χ0) is 13.2. The highest BCUT2D eigenvalue weighted by Gasteiger charge is 2.44. The number of ether oxygens (including phenoxy) is 1. The Morgan fingerprint density at radius 1 is 1.41 bits per heavy atom. The van der Waals surface area contributed by atoms with Gasteiger partial charge in [0, 0.05) is 5.92 Å². The van der Waals surface area contributed by atoms with Crippen molar-refractivity contribution in [3.05, 3.63) is 23.3 Å². The van der Waals surface area contributed by atoms with Crippen LogP contribution in [0.3, 0.4) is 0 Å². The number of allylic oxidation sites excluding steroid dienone is 2. The van der Waals surface area contributed by atoms with Gasteiger partial charge in [0.25, 0.3) is 0 Å². The summed E-state index contributed by atoms with van der Waals surface area (Å²) in [4.78, 5) is 11.4. The quantitative estimate of drug-likeness (QED) is 0.547. The van der Waals surface area contributed by atoms with Crippen molar-refractivity contribution >= 4 is 5.97 Å². The number of carbonyl (C=O) groups is 1. The molecule has 0 bridgehead atoms. The van der Waals surface area contributed by atoms with E-state index in [1.54, 1.807) is 0 Å². The molecule has 17 heavy (non-hydrogen) atoms. The predicted octanol–water partition coefficient (Wildman–Crippen LogP) is 3.88. The summed E-state index contributed by atoms with van der Waals surface area (Å²) in [5.41, 5.74) is 3.95. The van der Waals surface area contributed by atoms with Gasteiger partial charge in [0.2, 0.25) is 0 Å². The molecule has 0 radical (unpaired) electrons. The number of esters is 1. The van der Waals surface area contributed by atoms with E-state index in [-0.39, 0.29) is 11.4 Å². The van der Waals surface area contributed by atoms with Crippen LogP contribution in [0.5, 0.6) is 0 Å². The van der Waals surface area contributed by atoms with Crippen molar-refractivity contribution in [3.8, 4) is 0 Å². The summed E-state index contributed by atoms with van der Waals surface area (Å²) in [7, 11) is 0. The van der Waals surface area contributed by atoms with Crippen LogP contribution in [0.2, 0.25) is 0 Å². The van der Waals surface area contributed by atoms with Gasteiger partial charge in [-0.2, -0.15) is 0 Å². The van der Waals surface area contributed by atoms with Crippen molar-refractivity contribution in [2.75, 3.05) is 6.61 Å². The summed E-state index contributed by atoms with van der Waals surface area (Å²) >= 11 is 0. The van der Waals surface area contributed by atoms with Crippen molar-refractivity contribution in [2.45, 2.75) is 47.5 Å². The Morgan fingerprint density at radius 2 is 2.00 bits per heavy atom. The molecule has 0 amide bonds. The summed E-state index contributed by atoms with van der Waals surface area (Å²) in [6.45, 7) is 14.9. The lowest BCUT2D eigenvalue weighted by Gasteiger charge is -2.48. The fourth-order valence-electron chi connectivity index (χ4n) is 2.49. The first-order valence-corrected chi connectivity index (χ1v) is 6.22. The molecule has 0 spiro atoms. The molecular weight excluding hydrogens is 212 g/mol. The molecule has 1 saturated carbocycles. The van der Waals surface area contributed by atoms with Gasteiger partial charge < -0.3 is 4.74 Å². The van der Waals surface area contributed by atoms with Crippen LogP contribution in [0.4, 0.5) is 0 Å². The van der Waals surface area contributed by atoms with Crippen LogP contribution in [0.1, 0.15) is 47.5 Å². The highest BCUT2D eigenvalue weighted by molar-refractivity contribution is 5.72. The number of carbonyl (C=O) groups excluding carboxylic acids is 1. The largest absolute Gasteiger partial charge is 0.465 e. The second-order valence-electron chi connectivity index (χ2n) is 5.92. The van der Waals surface area contributed by atoms with E-state index in [2.05, 4.69) is 34.3 Å². The van der Waals surface area contributed by atoms with Gasteiger partial charge in [0.1, 0.15) is 0 Å². The average molecular weight is 236 g/mol. The smallest absolute Gasteiger partial charge is 0.309 e. The lowest BCUT2D eigenvalue weighted by atomic mass is 9.58. The van der Waals surface area contributed by atoms with E-state index in [1.165, 1.54) is 11.1 Å². The standard InChI is InChI=1S/C15H24O2/c1-10(2)7-14(16)17-9-12-8-13(11(3)4)15(12,5)6/h12H,1,7-9H2,2-6H3. The molecule has 1 aliphatic rings. The topological polar surface area (TPSA) is 26.3 Å². The molecule has 1 rings (SSSR count). The molecule has 1 aliphatic carbocycles. The lowest BCUT2D eigenvalue weighted by molar-refractivity contribution is -0.146. The molecule has 1 unspecified atom stereocenters. The van der Waals surface area contributed by atoms with Crippen LogP contribution in [-0.4, -0.2) is 12.6 Å². The van der Waals surface area contributed by atoms with E-state index in [0.717, 1.165) is 12.0 Å². The van der Waals surface area contributed by atoms with Gasteiger partial charge in [-0.05, 0) is 32.6 Å². The summed E-state index contributed by atoms with van der Waals surface area (Å²) in [5, 5.41) is 0. The molecule has 0 heterocycles. The highest BCUT2D eigenvalue weighted by Crippen LogP contribution is 2.52. The van der Waals surface area contributed by atoms with Gasteiger partial charge in [-0.3, -0.25) is 4.79 Å². The van der Waals surface area contributed by atoms with Crippen molar-refractivity contribution in [1.29, 1.82) is 0 Å². The molecule has 2 nitrogen and oxygen atoms in total. The molecule has 0 aliphatic heterocycles. The van der Waals surface area contributed by atoms with Gasteiger partial charge in [0.15, 0.2) is 0 Å². The number of rotatable bonds is 4. The van der Waals surface area contributed by atoms with E-state index in [1.807, 2.05) is 6.92 Å². The fraction of sp³-hybridized carbons (Fsp3) is 0.667. The van der Waals surface area contributed by atoms with Crippen LogP contribution in [-0.2, 0) is 9.53 Å². The third-order valence-electron chi connectivity index (χ3n) is 3.74. The maximum absolute atomic E-state index is 11.4. The Morgan fingerprint density at radius 3 is 2.41 bits per heavy atom. The first kappa shape index (κ1) is 14.0. The molecule has 0 aromatic heterocycles. The second-order valence-corrected chi connectivity index (χ2v) is 5.92. The van der Waals surface area contributed by atoms with Gasteiger partial charge >= 0.3 is 5.97 Å². The van der Waals surface area contributed by atoms with Crippen molar-refractivity contribution in [3.63, 3.8) is 0 Å². The highest BCUT2D eigenvalue weighted by atomic mass is 16.5. The number of hydrogen-bond acceptors (Lipinski definition) is 2. The molecule has 0 aromatic rings. The number of hydrogen-bond donors (Lipinski definition) is 0. The lowest BCUT2D eigenvalue weighted by Crippen LogP contribution is -2.41. The Labute approximate surface area is 105 Å². The summed E-state index contributed by atoms with van der Waals surface area (Å²) in [6.07, 6.45) is 1.40. The predicted molar refractivity (Wildman–Crippen MR) is 70.7 cm³/mol. The monoisotopic (exact) mass is 236 g/mol. The SMILES string of the molecule is C=C(C)CC(=O)OCC1CC(=C(C)C)C1(C)C. The third kappa shape index (κ3) is 3.21. The minimum absolute atomic E-state index is 0.154. The first-order chi connectivity index (χ1) is 7.75. The minimum atomic E-state index is -0.154. The second kappa shape index (κ2) is 5.07. The maximum atomic E-state index is 11.4. The Kier molecular flexibility index (Phi) is 4.18. The van der Waals surface area contributed by atoms with Crippen LogP contribution < -0.4 is 0 Å². The molecule has 0 N–H and O–H groups in total. The van der Waals surface area contributed by atoms with Crippen molar-refractivity contribution in [2.24, 2.45) is 11.3 Å². The van der Waals surface area contributed by atoms with Crippen molar-refractivity contribution < 1.29 is 9.53 Å². The van der Waals surface area contributed by atoms with Gasteiger partial charge in [-0.15, -0.1) is 0 Å². The zero-order valence-electron chi connectivity index (χ0n) is 11.7. The average Bonchev–Trinajstić information content (AvgIpc) is 2.14. The summed E-state index contributed by atoms with van der Waals surface area (Å²) in [6, 6.07) is 0. The minimum Gasteiger partial charge on any atom is -0.465 e. The Bertz CT molecular complexity index is 357. The van der Waals surface area contributed by atoms with Gasteiger partial charge in [-0.25, -0.2) is 0 Å². The molecule has 1 atom stereocenters. The third-order valence-corrected chi connectivity index (χ3v) is 3.74. The van der Waals surface area contributed by atoms with Gasteiger partial charge in [0.05, 0.1) is 13.0 Å². The van der Waals surface area contributed by atoms with E-state index < -0.39 is 0 Å². The molecule has 0 saturated heterocycles. The van der Waals surface area contributed by atoms with Crippen LogP contribution in [0.25, 0.3) is 0 Å². The van der Waals surface area contributed by atoms with E-state index in [4.69, 9.17) is 4.74 Å². The zero-order valence-corrected chi connectivity index (χ0v) is 11.7. The molecule has 2 heteroatoms. The van der Waals surface area contributed by atoms with E-state index in [0.29, 0.717) is 18.9 Å². The molecule has 1 fully saturated rings. The van der Waals surface area contributed by atoms with Gasteiger partial charge in [-0.1, -0.05) is 37.1 Å². The summed E-state index contributed by atoms with van der Waals surface area (Å²) in [5.74, 6) is 0.306. The van der Waals surface area contributed by atoms with Crippen LogP contribution >= 0.6 is 0 Å². The summed E-state index contributed by atoms with van der Waals surface area (Å²) < 4.78 is 5.30. The van der Waals surface area contributed by atoms with Crippen LogP contribution in [0, 0.1) is 11.3 Å².